The molecule has 7 nitrogen and oxygen atoms in total. The lowest BCUT2D eigenvalue weighted by atomic mass is 10.1. The summed E-state index contributed by atoms with van der Waals surface area (Å²) in [7, 11) is 1.34. The average Bonchev–Trinajstić information content (AvgIpc) is 2.36. The fourth-order valence-electron chi connectivity index (χ4n) is 1.56. The van der Waals surface area contributed by atoms with Crippen LogP contribution >= 0.6 is 0 Å². The van der Waals surface area contributed by atoms with Crippen LogP contribution in [0.3, 0.4) is 0 Å². The van der Waals surface area contributed by atoms with Crippen molar-refractivity contribution >= 4 is 5.69 Å². The van der Waals surface area contributed by atoms with Gasteiger partial charge in [-0.05, 0) is 5.56 Å². The number of nitro benzene ring substituents is 1. The predicted molar refractivity (Wildman–Crippen MR) is 64.4 cm³/mol. The fourth-order valence-corrected chi connectivity index (χ4v) is 1.56. The second kappa shape index (κ2) is 4.28. The Morgan fingerprint density at radius 1 is 1.33 bits per heavy atom. The molecule has 0 amide bonds. The lowest BCUT2D eigenvalue weighted by Gasteiger charge is -2.02. The van der Waals surface area contributed by atoms with Crippen molar-refractivity contribution < 1.29 is 4.92 Å². The van der Waals surface area contributed by atoms with Gasteiger partial charge in [-0.1, -0.05) is 12.1 Å². The molecule has 7 heteroatoms. The molecule has 1 heterocycles. The molecule has 2 aromatic rings. The number of aromatic amines is 1. The molecule has 0 saturated heterocycles. The predicted octanol–water partition coefficient (Wildman–Crippen LogP) is 0.649. The Labute approximate surface area is 100 Å². The number of hydrogen-bond donors (Lipinski definition) is 1. The van der Waals surface area contributed by atoms with Gasteiger partial charge in [-0.25, -0.2) is 4.79 Å². The van der Waals surface area contributed by atoms with E-state index in [1.54, 1.807) is 6.07 Å². The largest absolute Gasteiger partial charge is 0.328 e. The third-order valence-electron chi connectivity index (χ3n) is 2.55. The number of nitro groups is 1. The number of nitrogens with one attached hydrogen (secondary N) is 1. The normalized spacial score (nSPS) is 10.3. The monoisotopic (exact) mass is 247 g/mol. The van der Waals surface area contributed by atoms with E-state index in [2.05, 4.69) is 4.98 Å². The molecule has 1 N–H and O–H groups in total. The zero-order valence-electron chi connectivity index (χ0n) is 9.41. The molecule has 0 radical (unpaired) electrons. The summed E-state index contributed by atoms with van der Waals surface area (Å²) in [5.41, 5.74) is -0.545. The lowest BCUT2D eigenvalue weighted by Crippen LogP contribution is -2.32. The van der Waals surface area contributed by atoms with Gasteiger partial charge in [0.25, 0.3) is 11.2 Å². The maximum Gasteiger partial charge on any atom is 0.328 e. The van der Waals surface area contributed by atoms with Crippen molar-refractivity contribution in [2.45, 2.75) is 0 Å². The van der Waals surface area contributed by atoms with Crippen LogP contribution in [-0.4, -0.2) is 14.5 Å². The van der Waals surface area contributed by atoms with Gasteiger partial charge in [-0.15, -0.1) is 0 Å². The zero-order chi connectivity index (χ0) is 13.3. The molecule has 0 unspecified atom stereocenters. The molecule has 0 atom stereocenters. The van der Waals surface area contributed by atoms with Crippen LogP contribution in [0.1, 0.15) is 0 Å². The van der Waals surface area contributed by atoms with E-state index in [4.69, 9.17) is 0 Å². The summed E-state index contributed by atoms with van der Waals surface area (Å²) in [5, 5.41) is 10.7. The Kier molecular flexibility index (Phi) is 2.80. The highest BCUT2D eigenvalue weighted by molar-refractivity contribution is 5.64. The van der Waals surface area contributed by atoms with Crippen molar-refractivity contribution in [2.75, 3.05) is 0 Å². The van der Waals surface area contributed by atoms with Gasteiger partial charge in [-0.2, -0.15) is 0 Å². The molecule has 2 rings (SSSR count). The second-order valence-electron chi connectivity index (χ2n) is 3.68. The molecule has 0 aliphatic heterocycles. The summed E-state index contributed by atoms with van der Waals surface area (Å²) in [6.07, 6.45) is 1.25. The summed E-state index contributed by atoms with van der Waals surface area (Å²) in [4.78, 5) is 35.5. The Morgan fingerprint density at radius 3 is 2.72 bits per heavy atom. The molecular weight excluding hydrogens is 238 g/mol. The van der Waals surface area contributed by atoms with Gasteiger partial charge in [0.05, 0.1) is 10.5 Å². The third-order valence-corrected chi connectivity index (χ3v) is 2.55. The summed E-state index contributed by atoms with van der Waals surface area (Å²) in [6, 6.07) is 5.68. The van der Waals surface area contributed by atoms with Gasteiger partial charge in [0.15, 0.2) is 0 Å². The van der Waals surface area contributed by atoms with Crippen molar-refractivity contribution in [3.63, 3.8) is 0 Å². The smallest absolute Gasteiger partial charge is 0.313 e. The van der Waals surface area contributed by atoms with Crippen LogP contribution in [0.25, 0.3) is 11.1 Å². The molecule has 0 aliphatic carbocycles. The molecule has 92 valence electrons. The maximum atomic E-state index is 11.8. The number of benzene rings is 1. The number of aromatic nitrogens is 2. The van der Waals surface area contributed by atoms with Crippen LogP contribution in [0.4, 0.5) is 5.69 Å². The van der Waals surface area contributed by atoms with E-state index in [0.717, 1.165) is 4.57 Å². The first kappa shape index (κ1) is 11.8. The molecule has 0 spiro atoms. The van der Waals surface area contributed by atoms with E-state index in [1.807, 2.05) is 0 Å². The second-order valence-corrected chi connectivity index (χ2v) is 3.68. The van der Waals surface area contributed by atoms with Crippen molar-refractivity contribution in [1.29, 1.82) is 0 Å². The quantitative estimate of drug-likeness (QED) is 0.622. The van der Waals surface area contributed by atoms with Crippen LogP contribution in [0.5, 0.6) is 0 Å². The van der Waals surface area contributed by atoms with Gasteiger partial charge in [0.2, 0.25) is 0 Å². The molecule has 0 aliphatic rings. The number of hydrogen-bond acceptors (Lipinski definition) is 4. The standard InChI is InChI=1S/C11H9N3O4/c1-13-10(15)9(6-12-11(13)16)7-3-2-4-8(5-7)14(17)18/h2-6H,1H3,(H,12,16). The first-order chi connectivity index (χ1) is 8.50. The third kappa shape index (κ3) is 1.93. The molecule has 0 fully saturated rings. The van der Waals surface area contributed by atoms with Crippen LogP contribution in [-0.2, 0) is 7.05 Å². The van der Waals surface area contributed by atoms with Gasteiger partial charge >= 0.3 is 5.69 Å². The van der Waals surface area contributed by atoms with Crippen molar-refractivity contribution in [1.82, 2.24) is 9.55 Å². The first-order valence-electron chi connectivity index (χ1n) is 5.04. The van der Waals surface area contributed by atoms with E-state index in [1.165, 1.54) is 31.4 Å². The van der Waals surface area contributed by atoms with E-state index < -0.39 is 16.2 Å². The number of non-ortho nitro benzene ring substituents is 1. The summed E-state index contributed by atoms with van der Waals surface area (Å²) < 4.78 is 0.911. The average molecular weight is 247 g/mol. The highest BCUT2D eigenvalue weighted by Crippen LogP contribution is 2.20. The minimum absolute atomic E-state index is 0.110. The van der Waals surface area contributed by atoms with Crippen LogP contribution in [0.15, 0.2) is 40.1 Å². The lowest BCUT2D eigenvalue weighted by molar-refractivity contribution is -0.384. The Balaban J connectivity index is 2.67. The van der Waals surface area contributed by atoms with Crippen LogP contribution in [0.2, 0.25) is 0 Å². The van der Waals surface area contributed by atoms with Crippen LogP contribution in [0, 0.1) is 10.1 Å². The molecule has 0 bridgehead atoms. The van der Waals surface area contributed by atoms with Gasteiger partial charge in [0, 0.05) is 25.4 Å². The van der Waals surface area contributed by atoms with E-state index in [0.29, 0.717) is 5.56 Å². The molecule has 1 aromatic carbocycles. The molecule has 1 aromatic heterocycles. The van der Waals surface area contributed by atoms with Gasteiger partial charge in [-0.3, -0.25) is 19.5 Å². The summed E-state index contributed by atoms with van der Waals surface area (Å²) >= 11 is 0. The highest BCUT2D eigenvalue weighted by Gasteiger charge is 2.11. The maximum absolute atomic E-state index is 11.8. The van der Waals surface area contributed by atoms with E-state index in [-0.39, 0.29) is 11.3 Å². The Morgan fingerprint density at radius 2 is 2.06 bits per heavy atom. The number of rotatable bonds is 2. The number of nitrogens with zero attached hydrogens (tertiary/aromatic N) is 2. The van der Waals surface area contributed by atoms with Crippen molar-refractivity contribution in [3.8, 4) is 11.1 Å². The Bertz CT molecular complexity index is 730. The zero-order valence-corrected chi connectivity index (χ0v) is 9.41. The minimum Gasteiger partial charge on any atom is -0.313 e. The minimum atomic E-state index is -0.542. The molecule has 0 saturated carbocycles. The molecular formula is C11H9N3O4. The van der Waals surface area contributed by atoms with Gasteiger partial charge in [0.1, 0.15) is 0 Å². The first-order valence-corrected chi connectivity index (χ1v) is 5.04. The highest BCUT2D eigenvalue weighted by atomic mass is 16.6. The SMILES string of the molecule is Cn1c(=O)[nH]cc(-c2cccc([N+](=O)[O-])c2)c1=O. The van der Waals surface area contributed by atoms with Crippen molar-refractivity contribution in [2.24, 2.45) is 7.05 Å². The number of H-pyrrole nitrogens is 1. The Hall–Kier alpha value is -2.70. The topological polar surface area (TPSA) is 98.0 Å². The van der Waals surface area contributed by atoms with E-state index in [9.17, 15) is 19.7 Å². The summed E-state index contributed by atoms with van der Waals surface area (Å²) in [6.45, 7) is 0. The fraction of sp³-hybridized carbons (Fsp3) is 0.0909. The van der Waals surface area contributed by atoms with Gasteiger partial charge < -0.3 is 4.98 Å². The van der Waals surface area contributed by atoms with Crippen LogP contribution < -0.4 is 11.2 Å². The molecule has 18 heavy (non-hydrogen) atoms. The summed E-state index contributed by atoms with van der Waals surface area (Å²) in [5.74, 6) is 0. The van der Waals surface area contributed by atoms with E-state index >= 15 is 0 Å². The van der Waals surface area contributed by atoms with Crippen molar-refractivity contribution in [3.05, 3.63) is 61.4 Å².